The highest BCUT2D eigenvalue weighted by molar-refractivity contribution is 9.10. The molecule has 0 saturated carbocycles. The fraction of sp³-hybridized carbons (Fsp3) is 0.467. The third-order valence-corrected chi connectivity index (χ3v) is 3.32. The zero-order valence-electron chi connectivity index (χ0n) is 13.2. The first-order chi connectivity index (χ1) is 10.9. The number of aromatic nitrogens is 1. The van der Waals surface area contributed by atoms with Crippen molar-refractivity contribution in [3.63, 3.8) is 0 Å². The molecule has 0 fully saturated rings. The number of hydrogen-bond donors (Lipinski definition) is 1. The van der Waals surface area contributed by atoms with Crippen molar-refractivity contribution in [1.29, 1.82) is 0 Å². The maximum Gasteiger partial charge on any atom is 0.307 e. The molecule has 0 aromatic carbocycles. The predicted molar refractivity (Wildman–Crippen MR) is 87.8 cm³/mol. The Kier molecular flexibility index (Phi) is 8.25. The summed E-state index contributed by atoms with van der Waals surface area (Å²) in [7, 11) is 0. The molecule has 0 saturated heterocycles. The molecule has 0 aliphatic rings. The van der Waals surface area contributed by atoms with E-state index in [9.17, 15) is 14.4 Å². The van der Waals surface area contributed by atoms with Gasteiger partial charge >= 0.3 is 5.97 Å². The van der Waals surface area contributed by atoms with E-state index in [1.807, 2.05) is 0 Å². The summed E-state index contributed by atoms with van der Waals surface area (Å²) in [6.07, 6.45) is 3.14. The molecule has 126 valence electrons. The van der Waals surface area contributed by atoms with Gasteiger partial charge in [0, 0.05) is 43.4 Å². The summed E-state index contributed by atoms with van der Waals surface area (Å²) in [5.41, 5.74) is 0.408. The van der Waals surface area contributed by atoms with Crippen LogP contribution < -0.4 is 5.32 Å². The summed E-state index contributed by atoms with van der Waals surface area (Å²) in [4.78, 5) is 40.5. The molecule has 0 bridgehead atoms. The lowest BCUT2D eigenvalue weighted by Gasteiger charge is -2.22. The summed E-state index contributed by atoms with van der Waals surface area (Å²) in [5, 5.41) is 2.63. The van der Waals surface area contributed by atoms with Crippen molar-refractivity contribution >= 4 is 33.7 Å². The average Bonchev–Trinajstić information content (AvgIpc) is 2.50. The zero-order chi connectivity index (χ0) is 17.2. The predicted octanol–water partition coefficient (Wildman–Crippen LogP) is 1.38. The molecule has 7 nitrogen and oxygen atoms in total. The molecule has 1 heterocycles. The monoisotopic (exact) mass is 385 g/mol. The van der Waals surface area contributed by atoms with E-state index in [0.717, 1.165) is 0 Å². The van der Waals surface area contributed by atoms with Crippen molar-refractivity contribution in [1.82, 2.24) is 15.2 Å². The van der Waals surface area contributed by atoms with E-state index in [2.05, 4.69) is 26.2 Å². The van der Waals surface area contributed by atoms with Gasteiger partial charge in [0.1, 0.15) is 0 Å². The van der Waals surface area contributed by atoms with Gasteiger partial charge in [0.25, 0.3) is 5.91 Å². The SMILES string of the molecule is CCOC(=O)CCN(CCNC(C)=O)C(=O)c1cncc(Br)c1. The first-order valence-electron chi connectivity index (χ1n) is 7.24. The molecule has 23 heavy (non-hydrogen) atoms. The van der Waals surface area contributed by atoms with Crippen molar-refractivity contribution in [3.8, 4) is 0 Å². The van der Waals surface area contributed by atoms with Crippen LogP contribution in [-0.2, 0) is 14.3 Å². The molecule has 1 aromatic rings. The summed E-state index contributed by atoms with van der Waals surface area (Å²) >= 11 is 3.27. The lowest BCUT2D eigenvalue weighted by atomic mass is 10.2. The second kappa shape index (κ2) is 9.94. The van der Waals surface area contributed by atoms with Crippen molar-refractivity contribution < 1.29 is 19.1 Å². The number of amides is 2. The second-order valence-corrected chi connectivity index (χ2v) is 5.64. The largest absolute Gasteiger partial charge is 0.466 e. The normalized spacial score (nSPS) is 10.0. The van der Waals surface area contributed by atoms with Crippen molar-refractivity contribution in [2.75, 3.05) is 26.2 Å². The van der Waals surface area contributed by atoms with Crippen molar-refractivity contribution in [2.45, 2.75) is 20.3 Å². The molecule has 0 aliphatic carbocycles. The number of carbonyl (C=O) groups excluding carboxylic acids is 3. The van der Waals surface area contributed by atoms with Crippen molar-refractivity contribution in [2.24, 2.45) is 0 Å². The van der Waals surface area contributed by atoms with Gasteiger partial charge in [-0.2, -0.15) is 0 Å². The van der Waals surface area contributed by atoms with Gasteiger partial charge in [0.2, 0.25) is 5.91 Å². The first-order valence-corrected chi connectivity index (χ1v) is 8.03. The highest BCUT2D eigenvalue weighted by Gasteiger charge is 2.18. The van der Waals surface area contributed by atoms with Gasteiger partial charge in [-0.1, -0.05) is 0 Å². The number of nitrogens with zero attached hydrogens (tertiary/aromatic N) is 2. The van der Waals surface area contributed by atoms with E-state index in [1.54, 1.807) is 19.2 Å². The minimum absolute atomic E-state index is 0.0983. The Morgan fingerprint density at radius 2 is 2.04 bits per heavy atom. The number of halogens is 1. The van der Waals surface area contributed by atoms with E-state index >= 15 is 0 Å². The third-order valence-electron chi connectivity index (χ3n) is 2.89. The Morgan fingerprint density at radius 3 is 2.65 bits per heavy atom. The number of esters is 1. The second-order valence-electron chi connectivity index (χ2n) is 4.72. The fourth-order valence-electron chi connectivity index (χ4n) is 1.85. The van der Waals surface area contributed by atoms with E-state index in [4.69, 9.17) is 4.74 Å². The molecule has 1 rings (SSSR count). The van der Waals surface area contributed by atoms with Gasteiger partial charge in [-0.25, -0.2) is 0 Å². The van der Waals surface area contributed by atoms with Gasteiger partial charge in [0.15, 0.2) is 0 Å². The van der Waals surface area contributed by atoms with Crippen molar-refractivity contribution in [3.05, 3.63) is 28.5 Å². The number of pyridine rings is 1. The van der Waals surface area contributed by atoms with Crippen LogP contribution in [0.5, 0.6) is 0 Å². The van der Waals surface area contributed by atoms with Crippen LogP contribution in [0.4, 0.5) is 0 Å². The van der Waals surface area contributed by atoms with Crippen LogP contribution in [0.1, 0.15) is 30.6 Å². The lowest BCUT2D eigenvalue weighted by molar-refractivity contribution is -0.143. The van der Waals surface area contributed by atoms with Crippen LogP contribution in [0.15, 0.2) is 22.9 Å². The molecule has 1 N–H and O–H groups in total. The minimum atomic E-state index is -0.364. The zero-order valence-corrected chi connectivity index (χ0v) is 14.8. The topological polar surface area (TPSA) is 88.6 Å². The van der Waals surface area contributed by atoms with Gasteiger partial charge in [-0.15, -0.1) is 0 Å². The molecule has 0 spiro atoms. The van der Waals surface area contributed by atoms with E-state index in [-0.39, 0.29) is 30.7 Å². The maximum atomic E-state index is 12.5. The Hall–Kier alpha value is -1.96. The van der Waals surface area contributed by atoms with Crippen LogP contribution in [-0.4, -0.2) is 53.9 Å². The van der Waals surface area contributed by atoms with E-state index < -0.39 is 0 Å². The third kappa shape index (κ3) is 7.23. The molecule has 0 aliphatic heterocycles. The van der Waals surface area contributed by atoms with Crippen LogP contribution in [0.25, 0.3) is 0 Å². The molecular weight excluding hydrogens is 366 g/mol. The summed E-state index contributed by atoms with van der Waals surface area (Å²) < 4.78 is 5.56. The highest BCUT2D eigenvalue weighted by atomic mass is 79.9. The van der Waals surface area contributed by atoms with Crippen LogP contribution in [0.2, 0.25) is 0 Å². The summed E-state index contributed by atoms with van der Waals surface area (Å²) in [6.45, 7) is 4.25. The van der Waals surface area contributed by atoms with Gasteiger partial charge < -0.3 is 15.0 Å². The van der Waals surface area contributed by atoms with Crippen LogP contribution >= 0.6 is 15.9 Å². The molecule has 0 radical (unpaired) electrons. The summed E-state index contributed by atoms with van der Waals surface area (Å²) in [6, 6.07) is 1.66. The number of hydrogen-bond acceptors (Lipinski definition) is 5. The molecule has 1 aromatic heterocycles. The first kappa shape index (κ1) is 19.1. The fourth-order valence-corrected chi connectivity index (χ4v) is 2.22. The highest BCUT2D eigenvalue weighted by Crippen LogP contribution is 2.12. The minimum Gasteiger partial charge on any atom is -0.466 e. The number of nitrogens with one attached hydrogen (secondary N) is 1. The Balaban J connectivity index is 2.74. The van der Waals surface area contributed by atoms with Crippen LogP contribution in [0.3, 0.4) is 0 Å². The number of carbonyl (C=O) groups is 3. The standard InChI is InChI=1S/C15H20BrN3O4/c1-3-23-14(21)4-6-19(7-5-18-11(2)20)15(22)12-8-13(16)10-17-9-12/h8-10H,3-7H2,1-2H3,(H,18,20). The lowest BCUT2D eigenvalue weighted by Crippen LogP contribution is -2.39. The van der Waals surface area contributed by atoms with Crippen LogP contribution in [0, 0.1) is 0 Å². The molecular formula is C15H20BrN3O4. The number of ether oxygens (including phenoxy) is 1. The van der Waals surface area contributed by atoms with E-state index in [0.29, 0.717) is 29.7 Å². The molecule has 0 unspecified atom stereocenters. The average molecular weight is 386 g/mol. The maximum absolute atomic E-state index is 12.5. The summed E-state index contributed by atoms with van der Waals surface area (Å²) in [5.74, 6) is -0.794. The quantitative estimate of drug-likeness (QED) is 0.682. The van der Waals surface area contributed by atoms with Gasteiger partial charge in [-0.05, 0) is 28.9 Å². The smallest absolute Gasteiger partial charge is 0.307 e. The molecule has 8 heteroatoms. The Bertz CT molecular complexity index is 565. The van der Waals surface area contributed by atoms with E-state index in [1.165, 1.54) is 18.0 Å². The molecule has 2 amide bonds. The molecule has 0 atom stereocenters. The Labute approximate surface area is 143 Å². The van der Waals surface area contributed by atoms with Gasteiger partial charge in [0.05, 0.1) is 18.6 Å². The Morgan fingerprint density at radius 1 is 1.30 bits per heavy atom. The number of rotatable bonds is 8. The van der Waals surface area contributed by atoms with Gasteiger partial charge in [-0.3, -0.25) is 19.4 Å².